The molecule has 1 saturated carbocycles. The van der Waals surface area contributed by atoms with Crippen molar-refractivity contribution in [3.8, 4) is 0 Å². The molecule has 2 unspecified atom stereocenters. The minimum atomic E-state index is -0.0890. The molecule has 4 heteroatoms. The van der Waals surface area contributed by atoms with Gasteiger partial charge in [0.1, 0.15) is 0 Å². The summed E-state index contributed by atoms with van der Waals surface area (Å²) in [5, 5.41) is 4.11. The largest absolute Gasteiger partial charge is 0.346 e. The quantitative estimate of drug-likeness (QED) is 0.720. The Bertz CT molecular complexity index is 503. The van der Waals surface area contributed by atoms with Crippen LogP contribution in [-0.2, 0) is 0 Å². The zero-order chi connectivity index (χ0) is 14.8. The van der Waals surface area contributed by atoms with E-state index >= 15 is 0 Å². The fourth-order valence-electron chi connectivity index (χ4n) is 3.12. The van der Waals surface area contributed by atoms with E-state index in [0.29, 0.717) is 5.92 Å². The van der Waals surface area contributed by atoms with Crippen LogP contribution in [0.1, 0.15) is 48.5 Å². The summed E-state index contributed by atoms with van der Waals surface area (Å²) in [6, 6.07) is 5.80. The van der Waals surface area contributed by atoms with Gasteiger partial charge >= 0.3 is 0 Å². The fourth-order valence-corrected chi connectivity index (χ4v) is 4.24. The van der Waals surface area contributed by atoms with Crippen molar-refractivity contribution in [1.29, 1.82) is 0 Å². The Kier molecular flexibility index (Phi) is 5.30. The van der Waals surface area contributed by atoms with Crippen molar-refractivity contribution >= 4 is 37.8 Å². The molecular weight excluding hydrogens is 382 g/mol. The van der Waals surface area contributed by atoms with Crippen molar-refractivity contribution in [2.45, 2.75) is 45.1 Å². The lowest BCUT2D eigenvalue weighted by atomic mass is 9.77. The third-order valence-electron chi connectivity index (χ3n) is 4.16. The average Bonchev–Trinajstić information content (AvgIpc) is 2.38. The van der Waals surface area contributed by atoms with Crippen molar-refractivity contribution in [2.24, 2.45) is 5.92 Å². The maximum absolute atomic E-state index is 12.6. The molecule has 0 heterocycles. The van der Waals surface area contributed by atoms with Crippen LogP contribution in [0.5, 0.6) is 0 Å². The van der Waals surface area contributed by atoms with E-state index in [2.05, 4.69) is 44.1 Å². The van der Waals surface area contributed by atoms with Gasteiger partial charge < -0.3 is 5.32 Å². The van der Waals surface area contributed by atoms with Crippen molar-refractivity contribution in [3.05, 3.63) is 33.8 Å². The SMILES string of the molecule is Cc1cc(Br)ccc1C(=O)NC1(CBr)CCCC(C)C1. The second-order valence-corrected chi connectivity index (χ2v) is 7.51. The van der Waals surface area contributed by atoms with Gasteiger partial charge in [0.2, 0.25) is 0 Å². The molecule has 0 spiro atoms. The highest BCUT2D eigenvalue weighted by atomic mass is 79.9. The predicted octanol–water partition coefficient (Wildman–Crippen LogP) is 4.83. The highest BCUT2D eigenvalue weighted by Crippen LogP contribution is 2.34. The van der Waals surface area contributed by atoms with Crippen LogP contribution in [0.4, 0.5) is 0 Å². The molecule has 110 valence electrons. The molecule has 0 bridgehead atoms. The van der Waals surface area contributed by atoms with Gasteiger partial charge in [0.05, 0.1) is 5.54 Å². The summed E-state index contributed by atoms with van der Waals surface area (Å²) in [4.78, 5) is 12.6. The van der Waals surface area contributed by atoms with Gasteiger partial charge in [-0.05, 0) is 49.4 Å². The minimum absolute atomic E-state index is 0.0450. The average molecular weight is 403 g/mol. The standard InChI is InChI=1S/C16H21Br2NO/c1-11-4-3-7-16(9-11,10-17)19-15(20)14-6-5-13(18)8-12(14)2/h5-6,8,11H,3-4,7,9-10H2,1-2H3,(H,19,20). The Morgan fingerprint density at radius 2 is 2.25 bits per heavy atom. The highest BCUT2D eigenvalue weighted by molar-refractivity contribution is 9.10. The molecule has 2 rings (SSSR count). The number of nitrogens with one attached hydrogen (secondary N) is 1. The van der Waals surface area contributed by atoms with E-state index < -0.39 is 0 Å². The number of rotatable bonds is 3. The lowest BCUT2D eigenvalue weighted by molar-refractivity contribution is 0.0869. The van der Waals surface area contributed by atoms with Crippen LogP contribution in [0.15, 0.2) is 22.7 Å². The Morgan fingerprint density at radius 1 is 1.50 bits per heavy atom. The monoisotopic (exact) mass is 401 g/mol. The number of halogens is 2. The van der Waals surface area contributed by atoms with E-state index in [1.54, 1.807) is 0 Å². The minimum Gasteiger partial charge on any atom is -0.346 e. The predicted molar refractivity (Wildman–Crippen MR) is 90.5 cm³/mol. The molecule has 20 heavy (non-hydrogen) atoms. The van der Waals surface area contributed by atoms with Gasteiger partial charge in [0.15, 0.2) is 0 Å². The van der Waals surface area contributed by atoms with Gasteiger partial charge in [-0.15, -0.1) is 0 Å². The van der Waals surface area contributed by atoms with Gasteiger partial charge in [-0.1, -0.05) is 51.6 Å². The van der Waals surface area contributed by atoms with Crippen molar-refractivity contribution < 1.29 is 4.79 Å². The summed E-state index contributed by atoms with van der Waals surface area (Å²) in [5.74, 6) is 0.719. The number of carbonyl (C=O) groups excluding carboxylic acids is 1. The number of alkyl halides is 1. The van der Waals surface area contributed by atoms with Crippen molar-refractivity contribution in [1.82, 2.24) is 5.32 Å². The van der Waals surface area contributed by atoms with Crippen LogP contribution in [0.25, 0.3) is 0 Å². The Morgan fingerprint density at radius 3 is 2.85 bits per heavy atom. The van der Waals surface area contributed by atoms with Crippen LogP contribution in [0, 0.1) is 12.8 Å². The first kappa shape index (κ1) is 16.0. The highest BCUT2D eigenvalue weighted by Gasteiger charge is 2.35. The second kappa shape index (κ2) is 6.61. The van der Waals surface area contributed by atoms with Crippen LogP contribution >= 0.6 is 31.9 Å². The summed E-state index contributed by atoms with van der Waals surface area (Å²) in [6.07, 6.45) is 4.57. The summed E-state index contributed by atoms with van der Waals surface area (Å²) in [6.45, 7) is 4.25. The summed E-state index contributed by atoms with van der Waals surface area (Å²) in [5.41, 5.74) is 1.69. The van der Waals surface area contributed by atoms with Gasteiger partial charge in [-0.25, -0.2) is 0 Å². The Labute approximate surface area is 138 Å². The Hall–Kier alpha value is -0.350. The number of hydrogen-bond donors (Lipinski definition) is 1. The first-order valence-corrected chi connectivity index (χ1v) is 9.02. The molecule has 1 aliphatic rings. The van der Waals surface area contributed by atoms with E-state index in [1.165, 1.54) is 12.8 Å². The zero-order valence-corrected chi connectivity index (χ0v) is 15.2. The molecule has 2 atom stereocenters. The third kappa shape index (κ3) is 3.64. The van der Waals surface area contributed by atoms with E-state index in [1.807, 2.05) is 25.1 Å². The van der Waals surface area contributed by atoms with Gasteiger partial charge in [0, 0.05) is 15.4 Å². The molecule has 1 fully saturated rings. The molecule has 0 saturated heterocycles. The zero-order valence-electron chi connectivity index (χ0n) is 12.0. The normalized spacial score (nSPS) is 26.3. The molecule has 1 amide bonds. The molecule has 1 aromatic carbocycles. The van der Waals surface area contributed by atoms with Crippen LogP contribution in [0.3, 0.4) is 0 Å². The number of benzene rings is 1. The summed E-state index contributed by atoms with van der Waals surface area (Å²) in [7, 11) is 0. The fraction of sp³-hybridized carbons (Fsp3) is 0.562. The van der Waals surface area contributed by atoms with Crippen molar-refractivity contribution in [2.75, 3.05) is 5.33 Å². The van der Waals surface area contributed by atoms with Crippen LogP contribution < -0.4 is 5.32 Å². The first-order valence-electron chi connectivity index (χ1n) is 7.10. The number of carbonyl (C=O) groups is 1. The molecule has 0 radical (unpaired) electrons. The van der Waals surface area contributed by atoms with Gasteiger partial charge in [-0.2, -0.15) is 0 Å². The summed E-state index contributed by atoms with van der Waals surface area (Å²) < 4.78 is 1.01. The maximum atomic E-state index is 12.6. The lowest BCUT2D eigenvalue weighted by Gasteiger charge is -2.39. The maximum Gasteiger partial charge on any atom is 0.252 e. The summed E-state index contributed by atoms with van der Waals surface area (Å²) >= 11 is 7.04. The molecule has 1 N–H and O–H groups in total. The number of hydrogen-bond acceptors (Lipinski definition) is 1. The van der Waals surface area contributed by atoms with E-state index in [-0.39, 0.29) is 11.4 Å². The van der Waals surface area contributed by atoms with Gasteiger partial charge in [0.25, 0.3) is 5.91 Å². The molecule has 2 nitrogen and oxygen atoms in total. The van der Waals surface area contributed by atoms with E-state index in [0.717, 1.165) is 33.8 Å². The van der Waals surface area contributed by atoms with Crippen LogP contribution in [-0.4, -0.2) is 16.8 Å². The lowest BCUT2D eigenvalue weighted by Crippen LogP contribution is -2.52. The van der Waals surface area contributed by atoms with Crippen LogP contribution in [0.2, 0.25) is 0 Å². The molecule has 1 aromatic rings. The Balaban J connectivity index is 2.16. The number of aryl methyl sites for hydroxylation is 1. The molecule has 1 aliphatic carbocycles. The topological polar surface area (TPSA) is 29.1 Å². The van der Waals surface area contributed by atoms with E-state index in [9.17, 15) is 4.79 Å². The third-order valence-corrected chi connectivity index (χ3v) is 5.73. The molecule has 0 aliphatic heterocycles. The molecule has 0 aromatic heterocycles. The van der Waals surface area contributed by atoms with E-state index in [4.69, 9.17) is 0 Å². The van der Waals surface area contributed by atoms with Gasteiger partial charge in [-0.3, -0.25) is 4.79 Å². The first-order chi connectivity index (χ1) is 9.46. The number of amides is 1. The molecular formula is C16H21Br2NO. The second-order valence-electron chi connectivity index (χ2n) is 6.03. The van der Waals surface area contributed by atoms with Crippen molar-refractivity contribution in [3.63, 3.8) is 0 Å². The smallest absolute Gasteiger partial charge is 0.252 e.